The first kappa shape index (κ1) is 12.9. The van der Waals surface area contributed by atoms with E-state index in [1.165, 1.54) is 12.8 Å². The van der Waals surface area contributed by atoms with E-state index in [4.69, 9.17) is 5.73 Å². The van der Waals surface area contributed by atoms with Crippen LogP contribution in [-0.4, -0.2) is 29.9 Å². The Morgan fingerprint density at radius 3 is 2.35 bits per heavy atom. The van der Waals surface area contributed by atoms with Gasteiger partial charge in [0.25, 0.3) is 0 Å². The summed E-state index contributed by atoms with van der Waals surface area (Å²) in [5.74, 6) is 0.370. The van der Waals surface area contributed by atoms with Crippen molar-refractivity contribution in [2.24, 2.45) is 16.6 Å². The molecule has 0 aromatic carbocycles. The van der Waals surface area contributed by atoms with Crippen LogP contribution in [-0.2, 0) is 4.79 Å². The van der Waals surface area contributed by atoms with E-state index in [0.717, 1.165) is 32.4 Å². The van der Waals surface area contributed by atoms with Gasteiger partial charge in [-0.1, -0.05) is 33.6 Å². The minimum Gasteiger partial charge on any atom is -0.342 e. The van der Waals surface area contributed by atoms with Gasteiger partial charge in [0, 0.05) is 24.5 Å². The zero-order chi connectivity index (χ0) is 12.7. The Labute approximate surface area is 105 Å². The van der Waals surface area contributed by atoms with Crippen molar-refractivity contribution in [2.45, 2.75) is 58.9 Å². The van der Waals surface area contributed by atoms with Gasteiger partial charge in [-0.3, -0.25) is 4.79 Å². The highest BCUT2D eigenvalue weighted by molar-refractivity contribution is 5.82. The average Bonchev–Trinajstić information content (AvgIpc) is 2.69. The van der Waals surface area contributed by atoms with Crippen molar-refractivity contribution < 1.29 is 4.79 Å². The molecule has 3 nitrogen and oxygen atoms in total. The summed E-state index contributed by atoms with van der Waals surface area (Å²) in [4.78, 5) is 14.7. The van der Waals surface area contributed by atoms with Gasteiger partial charge in [-0.2, -0.15) is 0 Å². The van der Waals surface area contributed by atoms with Crippen molar-refractivity contribution in [2.75, 3.05) is 13.1 Å². The molecule has 1 heterocycles. The molecule has 0 radical (unpaired) electrons. The molecule has 1 unspecified atom stereocenters. The van der Waals surface area contributed by atoms with E-state index in [-0.39, 0.29) is 16.9 Å². The second-order valence-electron chi connectivity index (χ2n) is 6.88. The third-order valence-corrected chi connectivity index (χ3v) is 4.82. The number of carbonyl (C=O) groups excluding carboxylic acids is 1. The van der Waals surface area contributed by atoms with Crippen LogP contribution in [0.25, 0.3) is 0 Å². The Balaban J connectivity index is 2.06. The molecule has 2 rings (SSSR count). The Kier molecular flexibility index (Phi) is 3.23. The number of hydrogen-bond donors (Lipinski definition) is 1. The lowest BCUT2D eigenvalue weighted by molar-refractivity contribution is -0.144. The molecule has 98 valence electrons. The molecule has 2 aliphatic rings. The Morgan fingerprint density at radius 2 is 1.82 bits per heavy atom. The van der Waals surface area contributed by atoms with Crippen molar-refractivity contribution in [3.63, 3.8) is 0 Å². The van der Waals surface area contributed by atoms with E-state index in [9.17, 15) is 4.79 Å². The normalized spacial score (nSPS) is 31.5. The maximum atomic E-state index is 12.6. The lowest BCUT2D eigenvalue weighted by atomic mass is 9.78. The fourth-order valence-corrected chi connectivity index (χ4v) is 3.30. The Bertz CT molecular complexity index is 305. The molecule has 17 heavy (non-hydrogen) atoms. The molecule has 3 heteroatoms. The van der Waals surface area contributed by atoms with Gasteiger partial charge in [0.15, 0.2) is 0 Å². The molecule has 0 bridgehead atoms. The van der Waals surface area contributed by atoms with Gasteiger partial charge >= 0.3 is 0 Å². The van der Waals surface area contributed by atoms with Crippen LogP contribution in [0.1, 0.15) is 52.9 Å². The van der Waals surface area contributed by atoms with Gasteiger partial charge in [0.05, 0.1) is 0 Å². The third-order valence-electron chi connectivity index (χ3n) is 4.82. The molecule has 2 fully saturated rings. The molecule has 0 aromatic rings. The number of nitrogens with two attached hydrogens (primary N) is 1. The van der Waals surface area contributed by atoms with Crippen molar-refractivity contribution in [3.8, 4) is 0 Å². The van der Waals surface area contributed by atoms with Crippen LogP contribution in [0.3, 0.4) is 0 Å². The summed E-state index contributed by atoms with van der Waals surface area (Å²) >= 11 is 0. The van der Waals surface area contributed by atoms with Crippen LogP contribution in [0.5, 0.6) is 0 Å². The molecule has 1 amide bonds. The molecule has 1 atom stereocenters. The lowest BCUT2D eigenvalue weighted by Gasteiger charge is -2.44. The van der Waals surface area contributed by atoms with Gasteiger partial charge in [0.1, 0.15) is 0 Å². The van der Waals surface area contributed by atoms with E-state index in [1.54, 1.807) is 0 Å². The number of likely N-dealkylation sites (tertiary alicyclic amines) is 1. The maximum Gasteiger partial charge on any atom is 0.228 e. The Hall–Kier alpha value is -0.570. The van der Waals surface area contributed by atoms with Crippen molar-refractivity contribution >= 4 is 5.91 Å². The highest BCUT2D eigenvalue weighted by Crippen LogP contribution is 2.40. The molecular formula is C14H26N2O. The molecule has 2 N–H and O–H groups in total. The Morgan fingerprint density at radius 1 is 1.24 bits per heavy atom. The van der Waals surface area contributed by atoms with Crippen LogP contribution in [0, 0.1) is 10.8 Å². The first-order valence-corrected chi connectivity index (χ1v) is 6.90. The van der Waals surface area contributed by atoms with Gasteiger partial charge in [-0.25, -0.2) is 0 Å². The largest absolute Gasteiger partial charge is 0.342 e. The summed E-state index contributed by atoms with van der Waals surface area (Å²) in [7, 11) is 0. The van der Waals surface area contributed by atoms with Crippen molar-refractivity contribution in [1.82, 2.24) is 4.90 Å². The first-order chi connectivity index (χ1) is 7.85. The number of amides is 1. The molecule has 0 spiro atoms. The summed E-state index contributed by atoms with van der Waals surface area (Å²) in [6, 6.07) is 0.225. The third kappa shape index (κ3) is 2.35. The lowest BCUT2D eigenvalue weighted by Crippen LogP contribution is -2.56. The number of piperidine rings is 1. The van der Waals surface area contributed by atoms with Gasteiger partial charge < -0.3 is 10.6 Å². The second-order valence-corrected chi connectivity index (χ2v) is 6.88. The maximum absolute atomic E-state index is 12.6. The summed E-state index contributed by atoms with van der Waals surface area (Å²) in [5.41, 5.74) is 6.10. The van der Waals surface area contributed by atoms with Gasteiger partial charge in [0.2, 0.25) is 5.91 Å². The standard InChI is InChI=1S/C14H26N2O/c1-13(2)10-16(9-6-11(13)15)12(17)14(3)7-4-5-8-14/h11H,4-10,15H2,1-3H3. The predicted octanol–water partition coefficient (Wildman–Crippen LogP) is 2.15. The van der Waals surface area contributed by atoms with E-state index in [2.05, 4.69) is 25.7 Å². The van der Waals surface area contributed by atoms with E-state index in [1.807, 2.05) is 0 Å². The average molecular weight is 238 g/mol. The van der Waals surface area contributed by atoms with Crippen LogP contribution in [0.15, 0.2) is 0 Å². The fourth-order valence-electron chi connectivity index (χ4n) is 3.30. The second kappa shape index (κ2) is 4.27. The first-order valence-electron chi connectivity index (χ1n) is 6.90. The monoisotopic (exact) mass is 238 g/mol. The molecule has 1 saturated heterocycles. The summed E-state index contributed by atoms with van der Waals surface area (Å²) in [6.07, 6.45) is 5.48. The van der Waals surface area contributed by atoms with Crippen LogP contribution in [0.4, 0.5) is 0 Å². The highest BCUT2D eigenvalue weighted by Gasteiger charge is 2.43. The predicted molar refractivity (Wildman–Crippen MR) is 69.5 cm³/mol. The van der Waals surface area contributed by atoms with E-state index < -0.39 is 0 Å². The fraction of sp³-hybridized carbons (Fsp3) is 0.929. The molecular weight excluding hydrogens is 212 g/mol. The minimum absolute atomic E-state index is 0.0584. The minimum atomic E-state index is -0.0858. The summed E-state index contributed by atoms with van der Waals surface area (Å²) < 4.78 is 0. The summed E-state index contributed by atoms with van der Waals surface area (Å²) in [6.45, 7) is 8.16. The quantitative estimate of drug-likeness (QED) is 0.761. The van der Waals surface area contributed by atoms with Crippen molar-refractivity contribution in [3.05, 3.63) is 0 Å². The smallest absolute Gasteiger partial charge is 0.228 e. The zero-order valence-corrected chi connectivity index (χ0v) is 11.5. The zero-order valence-electron chi connectivity index (χ0n) is 11.5. The molecule has 1 saturated carbocycles. The van der Waals surface area contributed by atoms with Gasteiger partial charge in [-0.15, -0.1) is 0 Å². The van der Waals surface area contributed by atoms with Crippen LogP contribution in [0.2, 0.25) is 0 Å². The van der Waals surface area contributed by atoms with Crippen LogP contribution < -0.4 is 5.73 Å². The number of rotatable bonds is 1. The summed E-state index contributed by atoms with van der Waals surface area (Å²) in [5, 5.41) is 0. The molecule has 1 aliphatic heterocycles. The number of hydrogen-bond acceptors (Lipinski definition) is 2. The van der Waals surface area contributed by atoms with Crippen molar-refractivity contribution in [1.29, 1.82) is 0 Å². The topological polar surface area (TPSA) is 46.3 Å². The van der Waals surface area contributed by atoms with Crippen LogP contribution >= 0.6 is 0 Å². The number of carbonyl (C=O) groups is 1. The van der Waals surface area contributed by atoms with E-state index >= 15 is 0 Å². The number of nitrogens with zero attached hydrogens (tertiary/aromatic N) is 1. The van der Waals surface area contributed by atoms with Gasteiger partial charge in [-0.05, 0) is 24.7 Å². The molecule has 1 aliphatic carbocycles. The van der Waals surface area contributed by atoms with E-state index in [0.29, 0.717) is 5.91 Å². The highest BCUT2D eigenvalue weighted by atomic mass is 16.2. The molecule has 0 aromatic heterocycles. The SMILES string of the molecule is CC1(C(=O)N2CCC(N)C(C)(C)C2)CCCC1.